The second kappa shape index (κ2) is 6.61. The van der Waals surface area contributed by atoms with Crippen molar-refractivity contribution in [3.05, 3.63) is 30.3 Å². The van der Waals surface area contributed by atoms with Crippen molar-refractivity contribution >= 4 is 11.9 Å². The maximum absolute atomic E-state index is 12.1. The standard InChI is InChI=1S/C16H20O5/c1-3-19-14(17)16(15(18)20-4-2)10-13(11-16)21-12-8-6-5-7-9-12/h5-9,13H,3-4,10-11H2,1-2H3. The van der Waals surface area contributed by atoms with Crippen molar-refractivity contribution in [3.63, 3.8) is 0 Å². The minimum Gasteiger partial charge on any atom is -0.490 e. The van der Waals surface area contributed by atoms with Gasteiger partial charge >= 0.3 is 11.9 Å². The molecule has 1 aliphatic rings. The van der Waals surface area contributed by atoms with Gasteiger partial charge in [0.15, 0.2) is 5.41 Å². The summed E-state index contributed by atoms with van der Waals surface area (Å²) >= 11 is 0. The molecule has 1 fully saturated rings. The zero-order chi connectivity index (χ0) is 15.3. The van der Waals surface area contributed by atoms with Crippen LogP contribution >= 0.6 is 0 Å². The lowest BCUT2D eigenvalue weighted by molar-refractivity contribution is -0.186. The molecule has 0 amide bonds. The van der Waals surface area contributed by atoms with E-state index in [-0.39, 0.29) is 19.3 Å². The first-order chi connectivity index (χ1) is 10.1. The Morgan fingerprint density at radius 1 is 1.05 bits per heavy atom. The van der Waals surface area contributed by atoms with Crippen LogP contribution in [0.2, 0.25) is 0 Å². The quantitative estimate of drug-likeness (QED) is 0.595. The van der Waals surface area contributed by atoms with Gasteiger partial charge in [-0.25, -0.2) is 0 Å². The van der Waals surface area contributed by atoms with Gasteiger partial charge in [0.25, 0.3) is 0 Å². The van der Waals surface area contributed by atoms with Crippen LogP contribution < -0.4 is 4.74 Å². The Balaban J connectivity index is 2.02. The zero-order valence-electron chi connectivity index (χ0n) is 12.3. The summed E-state index contributed by atoms with van der Waals surface area (Å²) < 4.78 is 15.8. The van der Waals surface area contributed by atoms with Crippen LogP contribution in [0.4, 0.5) is 0 Å². The molecule has 0 atom stereocenters. The lowest BCUT2D eigenvalue weighted by atomic mass is 9.66. The Bertz CT molecular complexity index is 471. The molecule has 0 heterocycles. The molecule has 5 nitrogen and oxygen atoms in total. The molecule has 5 heteroatoms. The van der Waals surface area contributed by atoms with Crippen molar-refractivity contribution in [2.75, 3.05) is 13.2 Å². The Morgan fingerprint density at radius 2 is 1.57 bits per heavy atom. The van der Waals surface area contributed by atoms with Crippen molar-refractivity contribution in [1.29, 1.82) is 0 Å². The van der Waals surface area contributed by atoms with E-state index in [0.29, 0.717) is 12.8 Å². The van der Waals surface area contributed by atoms with Crippen LogP contribution in [0.5, 0.6) is 5.75 Å². The van der Waals surface area contributed by atoms with Crippen molar-refractivity contribution in [1.82, 2.24) is 0 Å². The number of hydrogen-bond acceptors (Lipinski definition) is 5. The number of para-hydroxylation sites is 1. The van der Waals surface area contributed by atoms with E-state index >= 15 is 0 Å². The second-order valence-electron chi connectivity index (χ2n) is 4.98. The van der Waals surface area contributed by atoms with Crippen LogP contribution in [0.15, 0.2) is 30.3 Å². The zero-order valence-corrected chi connectivity index (χ0v) is 12.3. The van der Waals surface area contributed by atoms with Gasteiger partial charge in [-0.15, -0.1) is 0 Å². The summed E-state index contributed by atoms with van der Waals surface area (Å²) in [7, 11) is 0. The maximum atomic E-state index is 12.1. The highest BCUT2D eigenvalue weighted by Gasteiger charge is 2.59. The van der Waals surface area contributed by atoms with Crippen LogP contribution in [-0.4, -0.2) is 31.3 Å². The highest BCUT2D eigenvalue weighted by atomic mass is 16.6. The first kappa shape index (κ1) is 15.4. The van der Waals surface area contributed by atoms with Crippen LogP contribution in [0, 0.1) is 5.41 Å². The molecule has 0 saturated heterocycles. The molecule has 1 saturated carbocycles. The van der Waals surface area contributed by atoms with E-state index in [1.807, 2.05) is 30.3 Å². The molecule has 0 unspecified atom stereocenters. The van der Waals surface area contributed by atoms with Crippen LogP contribution in [-0.2, 0) is 19.1 Å². The van der Waals surface area contributed by atoms with E-state index in [0.717, 1.165) is 5.75 Å². The van der Waals surface area contributed by atoms with Gasteiger partial charge in [0.1, 0.15) is 11.9 Å². The average molecular weight is 292 g/mol. The molecule has 0 spiro atoms. The minimum absolute atomic E-state index is 0.179. The van der Waals surface area contributed by atoms with Gasteiger partial charge in [0.2, 0.25) is 0 Å². The van der Waals surface area contributed by atoms with Gasteiger partial charge in [0, 0.05) is 12.8 Å². The third-order valence-electron chi connectivity index (χ3n) is 3.53. The summed E-state index contributed by atoms with van der Waals surface area (Å²) in [5, 5.41) is 0. The predicted molar refractivity (Wildman–Crippen MR) is 75.8 cm³/mol. The van der Waals surface area contributed by atoms with Gasteiger partial charge in [-0.2, -0.15) is 0 Å². The Hall–Kier alpha value is -2.04. The molecule has 2 rings (SSSR count). The molecule has 1 aromatic carbocycles. The van der Waals surface area contributed by atoms with Crippen molar-refractivity contribution in [2.24, 2.45) is 5.41 Å². The molecule has 0 aliphatic heterocycles. The van der Waals surface area contributed by atoms with Gasteiger partial charge in [-0.05, 0) is 26.0 Å². The molecular weight excluding hydrogens is 272 g/mol. The van der Waals surface area contributed by atoms with E-state index in [1.54, 1.807) is 13.8 Å². The molecule has 0 aromatic heterocycles. The Morgan fingerprint density at radius 3 is 2.05 bits per heavy atom. The Labute approximate surface area is 124 Å². The van der Waals surface area contributed by atoms with E-state index < -0.39 is 17.4 Å². The molecule has 21 heavy (non-hydrogen) atoms. The molecular formula is C16H20O5. The average Bonchev–Trinajstić information content (AvgIpc) is 2.43. The van der Waals surface area contributed by atoms with Gasteiger partial charge in [-0.1, -0.05) is 18.2 Å². The normalized spacial score (nSPS) is 16.7. The molecule has 0 bridgehead atoms. The van der Waals surface area contributed by atoms with Crippen molar-refractivity contribution < 1.29 is 23.8 Å². The van der Waals surface area contributed by atoms with Crippen LogP contribution in [0.25, 0.3) is 0 Å². The monoisotopic (exact) mass is 292 g/mol. The fourth-order valence-electron chi connectivity index (χ4n) is 2.45. The van der Waals surface area contributed by atoms with Gasteiger partial charge in [-0.3, -0.25) is 9.59 Å². The van der Waals surface area contributed by atoms with E-state index in [1.165, 1.54) is 0 Å². The number of esters is 2. The summed E-state index contributed by atoms with van der Waals surface area (Å²) in [6.45, 7) is 3.91. The topological polar surface area (TPSA) is 61.8 Å². The third-order valence-corrected chi connectivity index (χ3v) is 3.53. The second-order valence-corrected chi connectivity index (χ2v) is 4.98. The van der Waals surface area contributed by atoms with Crippen LogP contribution in [0.1, 0.15) is 26.7 Å². The molecule has 1 aliphatic carbocycles. The fraction of sp³-hybridized carbons (Fsp3) is 0.500. The van der Waals surface area contributed by atoms with Crippen molar-refractivity contribution in [2.45, 2.75) is 32.8 Å². The van der Waals surface area contributed by atoms with Crippen molar-refractivity contribution in [3.8, 4) is 5.75 Å². The Kier molecular flexibility index (Phi) is 4.83. The predicted octanol–water partition coefficient (Wildman–Crippen LogP) is 2.34. The third kappa shape index (κ3) is 3.17. The van der Waals surface area contributed by atoms with Gasteiger partial charge in [0.05, 0.1) is 13.2 Å². The lowest BCUT2D eigenvalue weighted by Crippen LogP contribution is -2.55. The fourth-order valence-corrected chi connectivity index (χ4v) is 2.45. The highest BCUT2D eigenvalue weighted by Crippen LogP contribution is 2.45. The largest absolute Gasteiger partial charge is 0.490 e. The molecule has 0 radical (unpaired) electrons. The number of carbonyl (C=O) groups excluding carboxylic acids is 2. The summed E-state index contributed by atoms with van der Waals surface area (Å²) in [6.07, 6.45) is 0.403. The maximum Gasteiger partial charge on any atom is 0.323 e. The molecule has 1 aromatic rings. The number of hydrogen-bond donors (Lipinski definition) is 0. The minimum atomic E-state index is -1.20. The van der Waals surface area contributed by atoms with E-state index in [2.05, 4.69) is 0 Å². The van der Waals surface area contributed by atoms with Gasteiger partial charge < -0.3 is 14.2 Å². The number of carbonyl (C=O) groups is 2. The number of benzene rings is 1. The lowest BCUT2D eigenvalue weighted by Gasteiger charge is -2.42. The van der Waals surface area contributed by atoms with E-state index in [4.69, 9.17) is 14.2 Å². The summed E-state index contributed by atoms with van der Waals surface area (Å²) in [5.41, 5.74) is -1.20. The summed E-state index contributed by atoms with van der Waals surface area (Å²) in [4.78, 5) is 24.2. The molecule has 114 valence electrons. The SMILES string of the molecule is CCOC(=O)C1(C(=O)OCC)CC(Oc2ccccc2)C1. The number of ether oxygens (including phenoxy) is 3. The highest BCUT2D eigenvalue weighted by molar-refractivity contribution is 6.01. The smallest absolute Gasteiger partial charge is 0.323 e. The first-order valence-electron chi connectivity index (χ1n) is 7.18. The number of rotatable bonds is 6. The van der Waals surface area contributed by atoms with E-state index in [9.17, 15) is 9.59 Å². The van der Waals surface area contributed by atoms with Crippen LogP contribution in [0.3, 0.4) is 0 Å². The first-order valence-corrected chi connectivity index (χ1v) is 7.18. The molecule has 0 N–H and O–H groups in total. The summed E-state index contributed by atoms with van der Waals surface area (Å²) in [5.74, 6) is -0.309. The summed E-state index contributed by atoms with van der Waals surface area (Å²) in [6, 6.07) is 9.33.